The summed E-state index contributed by atoms with van der Waals surface area (Å²) in [6.45, 7) is 0. The predicted molar refractivity (Wildman–Crippen MR) is 124 cm³/mol. The highest BCUT2D eigenvalue weighted by Crippen LogP contribution is 2.34. The number of pyridine rings is 3. The van der Waals surface area contributed by atoms with Crippen LogP contribution in [0.1, 0.15) is 24.1 Å². The summed E-state index contributed by atoms with van der Waals surface area (Å²) in [5, 5.41) is 4.74. The molecular formula is C24H19N5O2S. The van der Waals surface area contributed by atoms with Gasteiger partial charge in [-0.15, -0.1) is 0 Å². The van der Waals surface area contributed by atoms with Gasteiger partial charge in [-0.2, -0.15) is 0 Å². The summed E-state index contributed by atoms with van der Waals surface area (Å²) < 4.78 is 24.7. The van der Waals surface area contributed by atoms with E-state index in [1.54, 1.807) is 48.9 Å². The van der Waals surface area contributed by atoms with E-state index in [4.69, 9.17) is 5.73 Å². The van der Waals surface area contributed by atoms with Crippen LogP contribution in [0.4, 0.5) is 17.3 Å². The smallest absolute Gasteiger partial charge is 0.181 e. The van der Waals surface area contributed by atoms with Gasteiger partial charge < -0.3 is 11.1 Å². The Morgan fingerprint density at radius 1 is 0.969 bits per heavy atom. The second-order valence-corrected chi connectivity index (χ2v) is 9.76. The Bertz CT molecular complexity index is 1480. The molecule has 32 heavy (non-hydrogen) atoms. The number of sulfone groups is 1. The van der Waals surface area contributed by atoms with Gasteiger partial charge in [-0.1, -0.05) is 5.92 Å². The lowest BCUT2D eigenvalue weighted by atomic mass is 10.1. The number of hydrogen-bond acceptors (Lipinski definition) is 7. The third-order valence-electron chi connectivity index (χ3n) is 5.22. The molecule has 4 aromatic rings. The second kappa shape index (κ2) is 7.94. The van der Waals surface area contributed by atoms with Gasteiger partial charge >= 0.3 is 0 Å². The molecule has 0 radical (unpaired) electrons. The zero-order valence-corrected chi connectivity index (χ0v) is 17.8. The first kappa shape index (κ1) is 20.0. The van der Waals surface area contributed by atoms with Crippen LogP contribution < -0.4 is 11.1 Å². The number of rotatable bonds is 4. The molecule has 0 bridgehead atoms. The third-order valence-corrected chi connectivity index (χ3v) is 7.50. The number of nitrogen functional groups attached to an aromatic ring is 1. The van der Waals surface area contributed by atoms with Gasteiger partial charge in [0.2, 0.25) is 0 Å². The summed E-state index contributed by atoms with van der Waals surface area (Å²) in [6.07, 6.45) is 6.54. The average Bonchev–Trinajstić information content (AvgIpc) is 3.65. The number of aromatic nitrogens is 3. The fourth-order valence-corrected chi connectivity index (χ4v) is 4.99. The van der Waals surface area contributed by atoms with Crippen molar-refractivity contribution in [1.29, 1.82) is 0 Å². The van der Waals surface area contributed by atoms with Crippen LogP contribution in [0.5, 0.6) is 0 Å². The van der Waals surface area contributed by atoms with E-state index in [2.05, 4.69) is 32.1 Å². The molecular weight excluding hydrogens is 422 g/mol. The van der Waals surface area contributed by atoms with Gasteiger partial charge in [-0.3, -0.25) is 0 Å². The average molecular weight is 442 g/mol. The minimum Gasteiger partial charge on any atom is -0.383 e. The molecule has 158 valence electrons. The number of nitrogens with zero attached hydrogens (tertiary/aromatic N) is 3. The van der Waals surface area contributed by atoms with Crippen LogP contribution in [0, 0.1) is 11.8 Å². The Morgan fingerprint density at radius 3 is 2.53 bits per heavy atom. The van der Waals surface area contributed by atoms with Gasteiger partial charge in [0.1, 0.15) is 17.3 Å². The van der Waals surface area contributed by atoms with E-state index >= 15 is 0 Å². The molecule has 0 spiro atoms. The van der Waals surface area contributed by atoms with Crippen LogP contribution in [0.15, 0.2) is 72.0 Å². The number of benzene rings is 1. The van der Waals surface area contributed by atoms with Crippen molar-refractivity contribution < 1.29 is 8.42 Å². The van der Waals surface area contributed by atoms with Gasteiger partial charge in [-0.25, -0.2) is 23.4 Å². The highest BCUT2D eigenvalue weighted by molar-refractivity contribution is 7.92. The highest BCUT2D eigenvalue weighted by atomic mass is 32.2. The van der Waals surface area contributed by atoms with Gasteiger partial charge in [0.15, 0.2) is 9.84 Å². The maximum atomic E-state index is 12.4. The standard InChI is InChI=1S/C24H19N5O2S/c25-24-16(2-1-12-27-24)3-10-22-21-14-23(28-15-17(21)11-13-26-22)29-18-4-6-19(7-5-18)32(30,31)20-8-9-20/h1-2,4-7,11-15,20H,8-9H2,(H2,25,27)(H,28,29). The van der Waals surface area contributed by atoms with Gasteiger partial charge in [0.25, 0.3) is 0 Å². The molecule has 7 nitrogen and oxygen atoms in total. The number of fused-ring (bicyclic) bond motifs is 1. The first-order valence-corrected chi connectivity index (χ1v) is 11.6. The lowest BCUT2D eigenvalue weighted by molar-refractivity contribution is 0.595. The summed E-state index contributed by atoms with van der Waals surface area (Å²) in [7, 11) is -3.20. The molecule has 0 amide bonds. The Morgan fingerprint density at radius 2 is 1.78 bits per heavy atom. The fourth-order valence-electron chi connectivity index (χ4n) is 3.33. The lowest BCUT2D eigenvalue weighted by Crippen LogP contribution is -2.06. The van der Waals surface area contributed by atoms with E-state index < -0.39 is 9.84 Å². The summed E-state index contributed by atoms with van der Waals surface area (Å²) in [6, 6.07) is 14.1. The quantitative estimate of drug-likeness (QED) is 0.465. The van der Waals surface area contributed by atoms with Gasteiger partial charge in [0.05, 0.1) is 15.7 Å². The van der Waals surface area contributed by atoms with Crippen molar-refractivity contribution in [3.8, 4) is 11.8 Å². The molecule has 1 fully saturated rings. The fraction of sp³-hybridized carbons (Fsp3) is 0.125. The molecule has 1 aliphatic carbocycles. The molecule has 1 aliphatic rings. The molecule has 1 aromatic carbocycles. The van der Waals surface area contributed by atoms with Crippen LogP contribution in [0.2, 0.25) is 0 Å². The topological polar surface area (TPSA) is 111 Å². The molecule has 1 saturated carbocycles. The first-order valence-electron chi connectivity index (χ1n) is 10.1. The molecule has 3 aromatic heterocycles. The van der Waals surface area contributed by atoms with Crippen LogP contribution in [0.3, 0.4) is 0 Å². The van der Waals surface area contributed by atoms with Crippen molar-refractivity contribution >= 4 is 37.9 Å². The van der Waals surface area contributed by atoms with E-state index in [0.29, 0.717) is 27.8 Å². The molecule has 8 heteroatoms. The van der Waals surface area contributed by atoms with Crippen molar-refractivity contribution in [3.05, 3.63) is 78.4 Å². The molecule has 0 atom stereocenters. The van der Waals surface area contributed by atoms with Crippen molar-refractivity contribution in [2.75, 3.05) is 11.1 Å². The number of anilines is 3. The van der Waals surface area contributed by atoms with E-state index in [1.807, 2.05) is 18.2 Å². The van der Waals surface area contributed by atoms with Crippen LogP contribution in [0.25, 0.3) is 10.8 Å². The number of nitrogens with two attached hydrogens (primary N) is 1. The van der Waals surface area contributed by atoms with Gasteiger partial charge in [-0.05, 0) is 67.3 Å². The highest BCUT2D eigenvalue weighted by Gasteiger charge is 2.36. The van der Waals surface area contributed by atoms with Crippen LogP contribution in [-0.2, 0) is 9.84 Å². The second-order valence-electron chi connectivity index (χ2n) is 7.53. The Labute approximate surface area is 185 Å². The summed E-state index contributed by atoms with van der Waals surface area (Å²) >= 11 is 0. The van der Waals surface area contributed by atoms with E-state index in [9.17, 15) is 8.42 Å². The van der Waals surface area contributed by atoms with E-state index in [0.717, 1.165) is 29.3 Å². The minimum absolute atomic E-state index is 0.225. The molecule has 3 N–H and O–H groups in total. The Hall–Kier alpha value is -3.96. The van der Waals surface area contributed by atoms with Crippen molar-refractivity contribution in [1.82, 2.24) is 15.0 Å². The molecule has 0 aliphatic heterocycles. The monoisotopic (exact) mass is 441 g/mol. The Balaban J connectivity index is 1.43. The van der Waals surface area contributed by atoms with Crippen molar-refractivity contribution in [2.45, 2.75) is 23.0 Å². The third kappa shape index (κ3) is 3.98. The van der Waals surface area contributed by atoms with Gasteiger partial charge in [0, 0.05) is 35.1 Å². The normalized spacial score (nSPS) is 13.4. The minimum atomic E-state index is -3.20. The maximum absolute atomic E-state index is 12.4. The van der Waals surface area contributed by atoms with Crippen LogP contribution >= 0.6 is 0 Å². The van der Waals surface area contributed by atoms with Crippen molar-refractivity contribution in [2.24, 2.45) is 0 Å². The summed E-state index contributed by atoms with van der Waals surface area (Å²) in [5.41, 5.74) is 7.85. The molecule has 0 unspecified atom stereocenters. The molecule has 0 saturated heterocycles. The first-order chi connectivity index (χ1) is 15.5. The largest absolute Gasteiger partial charge is 0.383 e. The maximum Gasteiger partial charge on any atom is 0.181 e. The Kier molecular flexibility index (Phi) is 4.96. The summed E-state index contributed by atoms with van der Waals surface area (Å²) in [5.74, 6) is 7.08. The van der Waals surface area contributed by atoms with Crippen LogP contribution in [-0.4, -0.2) is 28.6 Å². The lowest BCUT2D eigenvalue weighted by Gasteiger charge is -2.09. The van der Waals surface area contributed by atoms with E-state index in [1.165, 1.54) is 0 Å². The number of nitrogens with one attached hydrogen (secondary N) is 1. The zero-order valence-electron chi connectivity index (χ0n) is 17.0. The molecule has 3 heterocycles. The number of hydrogen-bond donors (Lipinski definition) is 2. The predicted octanol–water partition coefficient (Wildman–Crippen LogP) is 3.69. The SMILES string of the molecule is Nc1ncccc1C#Cc1nccc2cnc(Nc3ccc(S(=O)(=O)C4CC4)cc3)cc12. The zero-order chi connectivity index (χ0) is 22.1. The van der Waals surface area contributed by atoms with E-state index in [-0.39, 0.29) is 5.25 Å². The molecule has 5 rings (SSSR count). The van der Waals surface area contributed by atoms with Crippen molar-refractivity contribution in [3.63, 3.8) is 0 Å². The summed E-state index contributed by atoms with van der Waals surface area (Å²) in [4.78, 5) is 13.3.